The Labute approximate surface area is 102 Å². The molecule has 1 N–H and O–H groups in total. The van der Waals surface area contributed by atoms with Crippen LogP contribution in [0.25, 0.3) is 0 Å². The van der Waals surface area contributed by atoms with Crippen molar-refractivity contribution >= 4 is 23.1 Å². The molecule has 2 atom stereocenters. The predicted molar refractivity (Wildman–Crippen MR) is 73.1 cm³/mol. The Morgan fingerprint density at radius 1 is 1.40 bits per heavy atom. The molecule has 2 unspecified atom stereocenters. The van der Waals surface area contributed by atoms with Gasteiger partial charge in [-0.2, -0.15) is 11.8 Å². The highest BCUT2D eigenvalue weighted by atomic mass is 32.2. The van der Waals surface area contributed by atoms with E-state index < -0.39 is 0 Å². The lowest BCUT2D eigenvalue weighted by Gasteiger charge is -2.19. The van der Waals surface area contributed by atoms with Gasteiger partial charge in [-0.1, -0.05) is 13.0 Å². The number of nitrogens with one attached hydrogen (secondary N) is 1. The van der Waals surface area contributed by atoms with Gasteiger partial charge in [-0.3, -0.25) is 0 Å². The summed E-state index contributed by atoms with van der Waals surface area (Å²) in [6.45, 7) is 6.76. The van der Waals surface area contributed by atoms with Crippen LogP contribution < -0.4 is 5.32 Å². The summed E-state index contributed by atoms with van der Waals surface area (Å²) in [5, 5.41) is 5.79. The van der Waals surface area contributed by atoms with Crippen molar-refractivity contribution in [1.29, 1.82) is 0 Å². The molecule has 0 spiro atoms. The molecule has 0 saturated carbocycles. The van der Waals surface area contributed by atoms with Crippen LogP contribution in [0.5, 0.6) is 0 Å². The van der Waals surface area contributed by atoms with E-state index in [0.717, 1.165) is 6.42 Å². The van der Waals surface area contributed by atoms with Crippen LogP contribution in [0, 0.1) is 0 Å². The maximum Gasteiger partial charge on any atom is 0.0132 e. The highest BCUT2D eigenvalue weighted by Crippen LogP contribution is 2.11. The Morgan fingerprint density at radius 2 is 2.20 bits per heavy atom. The van der Waals surface area contributed by atoms with E-state index in [1.807, 2.05) is 23.1 Å². The van der Waals surface area contributed by atoms with E-state index in [0.29, 0.717) is 12.1 Å². The van der Waals surface area contributed by atoms with Gasteiger partial charge in [0.05, 0.1) is 0 Å². The number of rotatable bonds is 7. The molecule has 86 valence electrons. The van der Waals surface area contributed by atoms with Crippen LogP contribution in [0.3, 0.4) is 0 Å². The van der Waals surface area contributed by atoms with Crippen molar-refractivity contribution in [3.63, 3.8) is 0 Å². The molecule has 15 heavy (non-hydrogen) atoms. The Balaban J connectivity index is 2.20. The fraction of sp³-hybridized carbons (Fsp3) is 0.667. The Hall–Kier alpha value is 0.01000. The zero-order valence-electron chi connectivity index (χ0n) is 9.82. The molecule has 0 aliphatic rings. The van der Waals surface area contributed by atoms with Crippen molar-refractivity contribution in [1.82, 2.24) is 5.32 Å². The highest BCUT2D eigenvalue weighted by molar-refractivity contribution is 7.99. The zero-order chi connectivity index (χ0) is 11.1. The van der Waals surface area contributed by atoms with E-state index in [1.165, 1.54) is 16.4 Å². The van der Waals surface area contributed by atoms with Gasteiger partial charge in [0.25, 0.3) is 0 Å². The van der Waals surface area contributed by atoms with Crippen LogP contribution in [-0.2, 0) is 6.42 Å². The van der Waals surface area contributed by atoms with Crippen molar-refractivity contribution in [2.24, 2.45) is 0 Å². The third-order valence-electron chi connectivity index (χ3n) is 2.23. The molecule has 0 saturated heterocycles. The summed E-state index contributed by atoms with van der Waals surface area (Å²) in [6.07, 6.45) is 1.15. The van der Waals surface area contributed by atoms with Crippen LogP contribution in [0.15, 0.2) is 17.5 Å². The summed E-state index contributed by atoms with van der Waals surface area (Å²) in [7, 11) is 0. The third kappa shape index (κ3) is 5.59. The van der Waals surface area contributed by atoms with Crippen molar-refractivity contribution in [2.45, 2.75) is 39.3 Å². The second-order valence-corrected chi connectivity index (χ2v) is 6.26. The smallest absolute Gasteiger partial charge is 0.0132 e. The average Bonchev–Trinajstić information content (AvgIpc) is 2.67. The molecule has 1 aromatic heterocycles. The number of hydrogen-bond donors (Lipinski definition) is 1. The molecule has 1 aromatic rings. The molecule has 0 amide bonds. The quantitative estimate of drug-likeness (QED) is 0.787. The minimum Gasteiger partial charge on any atom is -0.311 e. The van der Waals surface area contributed by atoms with E-state index in [-0.39, 0.29) is 0 Å². The molecule has 3 heteroatoms. The molecule has 0 bridgehead atoms. The summed E-state index contributed by atoms with van der Waals surface area (Å²) in [5.41, 5.74) is 0. The lowest BCUT2D eigenvalue weighted by Crippen LogP contribution is -2.37. The van der Waals surface area contributed by atoms with E-state index in [1.54, 1.807) is 0 Å². The Kier molecular flexibility index (Phi) is 6.37. The molecule has 0 aliphatic carbocycles. The first-order chi connectivity index (χ1) is 7.22. The van der Waals surface area contributed by atoms with Gasteiger partial charge in [0, 0.05) is 22.7 Å². The maximum atomic E-state index is 3.64. The van der Waals surface area contributed by atoms with E-state index >= 15 is 0 Å². The Morgan fingerprint density at radius 3 is 2.80 bits per heavy atom. The second-order valence-electron chi connectivity index (χ2n) is 3.91. The first-order valence-corrected chi connectivity index (χ1v) is 7.62. The summed E-state index contributed by atoms with van der Waals surface area (Å²) in [5.74, 6) is 2.43. The van der Waals surface area contributed by atoms with Gasteiger partial charge in [0.2, 0.25) is 0 Å². The van der Waals surface area contributed by atoms with Crippen LogP contribution in [-0.4, -0.2) is 23.6 Å². The fourth-order valence-corrected chi connectivity index (χ4v) is 3.14. The van der Waals surface area contributed by atoms with Crippen LogP contribution in [0.2, 0.25) is 0 Å². The molecule has 1 rings (SSSR count). The number of thioether (sulfide) groups is 1. The monoisotopic (exact) mass is 243 g/mol. The summed E-state index contributed by atoms with van der Waals surface area (Å²) < 4.78 is 0. The van der Waals surface area contributed by atoms with Crippen LogP contribution >= 0.6 is 23.1 Å². The van der Waals surface area contributed by atoms with Crippen molar-refractivity contribution in [3.05, 3.63) is 22.4 Å². The summed E-state index contributed by atoms with van der Waals surface area (Å²) in [6, 6.07) is 5.54. The van der Waals surface area contributed by atoms with E-state index in [4.69, 9.17) is 0 Å². The number of thiophene rings is 1. The summed E-state index contributed by atoms with van der Waals surface area (Å²) in [4.78, 5) is 1.48. The zero-order valence-corrected chi connectivity index (χ0v) is 11.5. The van der Waals surface area contributed by atoms with Gasteiger partial charge in [-0.05, 0) is 37.5 Å². The van der Waals surface area contributed by atoms with Gasteiger partial charge >= 0.3 is 0 Å². The SMILES string of the molecule is CCSCC(C)NC(C)Cc1cccs1. The third-order valence-corrected chi connectivity index (χ3v) is 4.27. The van der Waals surface area contributed by atoms with Crippen molar-refractivity contribution < 1.29 is 0 Å². The van der Waals surface area contributed by atoms with Gasteiger partial charge < -0.3 is 5.32 Å². The normalized spacial score (nSPS) is 15.1. The minimum absolute atomic E-state index is 0.580. The van der Waals surface area contributed by atoms with Gasteiger partial charge in [0.15, 0.2) is 0 Å². The largest absolute Gasteiger partial charge is 0.311 e. The molecular weight excluding hydrogens is 222 g/mol. The van der Waals surface area contributed by atoms with E-state index in [9.17, 15) is 0 Å². The average molecular weight is 243 g/mol. The van der Waals surface area contributed by atoms with Crippen LogP contribution in [0.4, 0.5) is 0 Å². The topological polar surface area (TPSA) is 12.0 Å². The van der Waals surface area contributed by atoms with Gasteiger partial charge in [-0.25, -0.2) is 0 Å². The first kappa shape index (κ1) is 13.1. The van der Waals surface area contributed by atoms with Gasteiger partial charge in [-0.15, -0.1) is 11.3 Å². The van der Waals surface area contributed by atoms with Crippen molar-refractivity contribution in [3.8, 4) is 0 Å². The summed E-state index contributed by atoms with van der Waals surface area (Å²) >= 11 is 3.86. The van der Waals surface area contributed by atoms with Crippen molar-refractivity contribution in [2.75, 3.05) is 11.5 Å². The molecule has 1 heterocycles. The lowest BCUT2D eigenvalue weighted by atomic mass is 10.2. The molecule has 0 aromatic carbocycles. The molecule has 1 nitrogen and oxygen atoms in total. The molecule has 0 fully saturated rings. The highest BCUT2D eigenvalue weighted by Gasteiger charge is 2.08. The van der Waals surface area contributed by atoms with Gasteiger partial charge in [0.1, 0.15) is 0 Å². The van der Waals surface area contributed by atoms with E-state index in [2.05, 4.69) is 43.6 Å². The fourth-order valence-electron chi connectivity index (χ4n) is 1.62. The first-order valence-electron chi connectivity index (χ1n) is 5.58. The predicted octanol–water partition coefficient (Wildman–Crippen LogP) is 3.41. The standard InChI is InChI=1S/C12H21NS2/c1-4-14-9-11(3)13-10(2)8-12-6-5-7-15-12/h5-7,10-11,13H,4,8-9H2,1-3H3. The number of hydrogen-bond acceptors (Lipinski definition) is 3. The Bertz CT molecular complexity index is 246. The second kappa shape index (κ2) is 7.31. The lowest BCUT2D eigenvalue weighted by molar-refractivity contribution is 0.494. The molecule has 0 aliphatic heterocycles. The molecular formula is C12H21NS2. The van der Waals surface area contributed by atoms with Crippen LogP contribution in [0.1, 0.15) is 25.6 Å². The maximum absolute atomic E-state index is 3.64. The molecule has 0 radical (unpaired) electrons. The minimum atomic E-state index is 0.580.